The summed E-state index contributed by atoms with van der Waals surface area (Å²) in [7, 11) is 3.87. The van der Waals surface area contributed by atoms with E-state index in [0.717, 1.165) is 23.4 Å². The predicted octanol–water partition coefficient (Wildman–Crippen LogP) is 2.77. The zero-order valence-corrected chi connectivity index (χ0v) is 12.3. The minimum absolute atomic E-state index is 0.237. The third kappa shape index (κ3) is 3.38. The Hall–Kier alpha value is -2.95. The van der Waals surface area contributed by atoms with E-state index in [9.17, 15) is 20.1 Å². The molecule has 0 aliphatic heterocycles. The van der Waals surface area contributed by atoms with Gasteiger partial charge >= 0.3 is 0 Å². The van der Waals surface area contributed by atoms with Crippen LogP contribution in [0.15, 0.2) is 42.5 Å². The van der Waals surface area contributed by atoms with E-state index < -0.39 is 17.3 Å². The zero-order chi connectivity index (χ0) is 16.3. The first kappa shape index (κ1) is 15.4. The van der Waals surface area contributed by atoms with Crippen molar-refractivity contribution in [2.75, 3.05) is 19.0 Å². The van der Waals surface area contributed by atoms with Gasteiger partial charge < -0.3 is 20.2 Å². The smallest absolute Gasteiger partial charge is 0.193 e. The summed E-state index contributed by atoms with van der Waals surface area (Å²) >= 11 is 0. The maximum atomic E-state index is 12.0. The Morgan fingerprint density at radius 2 is 1.55 bits per heavy atom. The van der Waals surface area contributed by atoms with Gasteiger partial charge in [-0.2, -0.15) is 0 Å². The van der Waals surface area contributed by atoms with Crippen LogP contribution in [0.4, 0.5) is 5.69 Å². The SMILES string of the molecule is CN(C)c1ccc(/C=C/C(=O)c2c(O)cc(O)cc2O)cc1. The van der Waals surface area contributed by atoms with E-state index >= 15 is 0 Å². The third-order valence-corrected chi connectivity index (χ3v) is 3.16. The Kier molecular flexibility index (Phi) is 4.36. The highest BCUT2D eigenvalue weighted by Gasteiger charge is 2.15. The molecule has 0 saturated heterocycles. The molecule has 5 nitrogen and oxygen atoms in total. The molecule has 0 saturated carbocycles. The lowest BCUT2D eigenvalue weighted by atomic mass is 10.1. The lowest BCUT2D eigenvalue weighted by molar-refractivity contribution is 0.104. The first-order valence-electron chi connectivity index (χ1n) is 6.63. The maximum Gasteiger partial charge on any atom is 0.193 e. The molecule has 3 N–H and O–H groups in total. The van der Waals surface area contributed by atoms with Gasteiger partial charge in [0.05, 0.1) is 0 Å². The second-order valence-electron chi connectivity index (χ2n) is 5.04. The van der Waals surface area contributed by atoms with Gasteiger partial charge in [0.2, 0.25) is 0 Å². The second kappa shape index (κ2) is 6.22. The number of allylic oxidation sites excluding steroid dienone is 1. The second-order valence-corrected chi connectivity index (χ2v) is 5.04. The van der Waals surface area contributed by atoms with E-state index in [-0.39, 0.29) is 11.3 Å². The van der Waals surface area contributed by atoms with Crippen molar-refractivity contribution in [1.82, 2.24) is 0 Å². The summed E-state index contributed by atoms with van der Waals surface area (Å²) in [6.07, 6.45) is 2.85. The van der Waals surface area contributed by atoms with Crippen LogP contribution in [0.5, 0.6) is 17.2 Å². The van der Waals surface area contributed by atoms with Gasteiger partial charge in [0.25, 0.3) is 0 Å². The number of rotatable bonds is 4. The number of ketones is 1. The number of phenols is 3. The first-order valence-corrected chi connectivity index (χ1v) is 6.63. The summed E-state index contributed by atoms with van der Waals surface area (Å²) in [6.45, 7) is 0. The average molecular weight is 299 g/mol. The monoisotopic (exact) mass is 299 g/mol. The highest BCUT2D eigenvalue weighted by atomic mass is 16.3. The van der Waals surface area contributed by atoms with E-state index in [1.165, 1.54) is 6.08 Å². The molecule has 2 rings (SSSR count). The molecule has 114 valence electrons. The van der Waals surface area contributed by atoms with Gasteiger partial charge in [-0.05, 0) is 23.8 Å². The molecule has 22 heavy (non-hydrogen) atoms. The fourth-order valence-electron chi connectivity index (χ4n) is 1.99. The molecule has 0 aliphatic rings. The van der Waals surface area contributed by atoms with Crippen molar-refractivity contribution < 1.29 is 20.1 Å². The summed E-state index contributed by atoms with van der Waals surface area (Å²) in [4.78, 5) is 14.0. The lowest BCUT2D eigenvalue weighted by Crippen LogP contribution is -2.07. The molecular weight excluding hydrogens is 282 g/mol. The van der Waals surface area contributed by atoms with Crippen LogP contribution in [0, 0.1) is 0 Å². The van der Waals surface area contributed by atoms with Crippen LogP contribution >= 0.6 is 0 Å². The van der Waals surface area contributed by atoms with Crippen molar-refractivity contribution in [3.8, 4) is 17.2 Å². The fourth-order valence-corrected chi connectivity index (χ4v) is 1.99. The largest absolute Gasteiger partial charge is 0.508 e. The van der Waals surface area contributed by atoms with E-state index in [4.69, 9.17) is 0 Å². The van der Waals surface area contributed by atoms with E-state index in [1.54, 1.807) is 6.08 Å². The van der Waals surface area contributed by atoms with Crippen molar-refractivity contribution in [2.24, 2.45) is 0 Å². The molecule has 0 amide bonds. The molecule has 0 fully saturated rings. The van der Waals surface area contributed by atoms with Gasteiger partial charge in [0, 0.05) is 31.9 Å². The third-order valence-electron chi connectivity index (χ3n) is 3.16. The minimum atomic E-state index is -0.549. The van der Waals surface area contributed by atoms with Crippen LogP contribution < -0.4 is 4.90 Å². The van der Waals surface area contributed by atoms with Crippen molar-refractivity contribution in [3.05, 3.63) is 53.6 Å². The highest BCUT2D eigenvalue weighted by molar-refractivity contribution is 6.10. The summed E-state index contributed by atoms with van der Waals surface area (Å²) < 4.78 is 0. The standard InChI is InChI=1S/C17H17NO4/c1-18(2)12-6-3-11(4-7-12)5-8-14(20)17-15(21)9-13(19)10-16(17)22/h3-10,19,21-22H,1-2H3/b8-5+. The summed E-state index contributed by atoms with van der Waals surface area (Å²) in [5.74, 6) is -1.79. The van der Waals surface area contributed by atoms with Crippen LogP contribution in [0.3, 0.4) is 0 Å². The van der Waals surface area contributed by atoms with Crippen molar-refractivity contribution in [1.29, 1.82) is 0 Å². The van der Waals surface area contributed by atoms with Gasteiger partial charge in [0.1, 0.15) is 22.8 Å². The number of carbonyl (C=O) groups excluding carboxylic acids is 1. The van der Waals surface area contributed by atoms with E-state index in [1.807, 2.05) is 43.3 Å². The first-order chi connectivity index (χ1) is 10.4. The van der Waals surface area contributed by atoms with Gasteiger partial charge in [-0.1, -0.05) is 18.2 Å². The van der Waals surface area contributed by atoms with E-state index in [2.05, 4.69) is 0 Å². The molecule has 0 heterocycles. The maximum absolute atomic E-state index is 12.0. The molecule has 0 unspecified atom stereocenters. The Morgan fingerprint density at radius 1 is 1.00 bits per heavy atom. The molecule has 2 aromatic carbocycles. The van der Waals surface area contributed by atoms with Crippen LogP contribution in [0.25, 0.3) is 6.08 Å². The summed E-state index contributed by atoms with van der Waals surface area (Å²) in [5.41, 5.74) is 1.62. The quantitative estimate of drug-likeness (QED) is 0.597. The number of anilines is 1. The Morgan fingerprint density at radius 3 is 2.05 bits per heavy atom. The van der Waals surface area contributed by atoms with Crippen LogP contribution in [0.2, 0.25) is 0 Å². The molecule has 5 heteroatoms. The van der Waals surface area contributed by atoms with Gasteiger partial charge in [-0.25, -0.2) is 0 Å². The number of carbonyl (C=O) groups is 1. The van der Waals surface area contributed by atoms with Gasteiger partial charge in [-0.15, -0.1) is 0 Å². The Balaban J connectivity index is 2.21. The fraction of sp³-hybridized carbons (Fsp3) is 0.118. The van der Waals surface area contributed by atoms with Crippen molar-refractivity contribution >= 4 is 17.5 Å². The molecular formula is C17H17NO4. The highest BCUT2D eigenvalue weighted by Crippen LogP contribution is 2.32. The number of phenolic OH excluding ortho intramolecular Hbond substituents is 3. The predicted molar refractivity (Wildman–Crippen MR) is 85.6 cm³/mol. The Labute approximate surface area is 128 Å². The van der Waals surface area contributed by atoms with Crippen molar-refractivity contribution in [3.63, 3.8) is 0 Å². The molecule has 0 radical (unpaired) electrons. The van der Waals surface area contributed by atoms with Gasteiger partial charge in [0.15, 0.2) is 5.78 Å². The number of benzene rings is 2. The number of nitrogens with zero attached hydrogens (tertiary/aromatic N) is 1. The molecule has 0 aliphatic carbocycles. The normalized spacial score (nSPS) is 10.8. The molecule has 0 bridgehead atoms. The number of hydrogen-bond acceptors (Lipinski definition) is 5. The van der Waals surface area contributed by atoms with E-state index in [0.29, 0.717) is 0 Å². The summed E-state index contributed by atoms with van der Waals surface area (Å²) in [5, 5.41) is 28.5. The van der Waals surface area contributed by atoms with Crippen molar-refractivity contribution in [2.45, 2.75) is 0 Å². The summed E-state index contributed by atoms with van der Waals surface area (Å²) in [6, 6.07) is 9.56. The molecule has 2 aromatic rings. The van der Waals surface area contributed by atoms with Crippen LogP contribution in [-0.4, -0.2) is 35.2 Å². The molecule has 0 aromatic heterocycles. The van der Waals surface area contributed by atoms with Gasteiger partial charge in [-0.3, -0.25) is 4.79 Å². The van der Waals surface area contributed by atoms with Crippen LogP contribution in [-0.2, 0) is 0 Å². The number of hydrogen-bond donors (Lipinski definition) is 3. The topological polar surface area (TPSA) is 81.0 Å². The number of aromatic hydroxyl groups is 3. The lowest BCUT2D eigenvalue weighted by Gasteiger charge is -2.11. The Bertz CT molecular complexity index is 695. The molecule has 0 atom stereocenters. The molecule has 0 spiro atoms. The zero-order valence-electron chi connectivity index (χ0n) is 12.3. The average Bonchev–Trinajstić information content (AvgIpc) is 2.44. The minimum Gasteiger partial charge on any atom is -0.508 e. The van der Waals surface area contributed by atoms with Crippen LogP contribution in [0.1, 0.15) is 15.9 Å².